The summed E-state index contributed by atoms with van der Waals surface area (Å²) in [6, 6.07) is 3.06. The molecule has 3 nitrogen and oxygen atoms in total. The Bertz CT molecular complexity index is 580. The van der Waals surface area contributed by atoms with E-state index in [0.717, 1.165) is 17.7 Å². The fourth-order valence-electron chi connectivity index (χ4n) is 2.68. The Kier molecular flexibility index (Phi) is 3.05. The van der Waals surface area contributed by atoms with Gasteiger partial charge < -0.3 is 10.0 Å². The maximum Gasteiger partial charge on any atom is 0.416 e. The van der Waals surface area contributed by atoms with Crippen molar-refractivity contribution in [2.75, 3.05) is 4.90 Å². The molecule has 6 heteroatoms. The number of anilines is 1. The lowest BCUT2D eigenvalue weighted by atomic mass is 10.0. The van der Waals surface area contributed by atoms with Crippen molar-refractivity contribution >= 4 is 5.82 Å². The number of halogens is 3. The quantitative estimate of drug-likeness (QED) is 0.860. The third-order valence-corrected chi connectivity index (χ3v) is 3.57. The van der Waals surface area contributed by atoms with Gasteiger partial charge in [-0.25, -0.2) is 4.98 Å². The largest absolute Gasteiger partial charge is 0.416 e. The molecule has 2 atom stereocenters. The van der Waals surface area contributed by atoms with Crippen molar-refractivity contribution in [1.29, 1.82) is 0 Å². The monoisotopic (exact) mass is 282 g/mol. The number of aliphatic hydroxyl groups is 1. The minimum Gasteiger partial charge on any atom is -0.373 e. The van der Waals surface area contributed by atoms with Crippen LogP contribution in [0.25, 0.3) is 0 Å². The van der Waals surface area contributed by atoms with Gasteiger partial charge in [-0.15, -0.1) is 0 Å². The van der Waals surface area contributed by atoms with Crippen LogP contribution in [0.1, 0.15) is 12.0 Å². The Hall–Kier alpha value is -1.82. The highest BCUT2D eigenvalue weighted by atomic mass is 19.4. The number of aromatic nitrogens is 1. The number of hydrogen-bond donors (Lipinski definition) is 1. The summed E-state index contributed by atoms with van der Waals surface area (Å²) in [7, 11) is 0. The fourth-order valence-corrected chi connectivity index (χ4v) is 2.68. The highest BCUT2D eigenvalue weighted by Gasteiger charge is 2.38. The van der Waals surface area contributed by atoms with Crippen molar-refractivity contribution in [3.63, 3.8) is 0 Å². The molecule has 0 amide bonds. The fraction of sp³-hybridized carbons (Fsp3) is 0.357. The number of rotatable bonds is 1. The molecule has 1 aliphatic carbocycles. The Balaban J connectivity index is 1.94. The standard InChI is InChI=1S/C14H13F3N2O/c15-14(16,17)10-4-1-5-11(8-10)19-12(20)7-9-3-2-6-18-13(9)19/h1-4,6,8,11-12,20H,5,7H2. The molecule has 0 fully saturated rings. The summed E-state index contributed by atoms with van der Waals surface area (Å²) >= 11 is 0. The van der Waals surface area contributed by atoms with E-state index in [1.807, 2.05) is 6.07 Å². The van der Waals surface area contributed by atoms with E-state index < -0.39 is 24.0 Å². The lowest BCUT2D eigenvalue weighted by molar-refractivity contribution is -0.0887. The van der Waals surface area contributed by atoms with Crippen molar-refractivity contribution in [2.45, 2.75) is 31.3 Å². The second-order valence-electron chi connectivity index (χ2n) is 4.90. The van der Waals surface area contributed by atoms with Crippen molar-refractivity contribution < 1.29 is 18.3 Å². The van der Waals surface area contributed by atoms with Gasteiger partial charge in [0.05, 0.1) is 11.6 Å². The first-order valence-corrected chi connectivity index (χ1v) is 6.32. The Morgan fingerprint density at radius 3 is 2.90 bits per heavy atom. The first-order chi connectivity index (χ1) is 9.47. The second-order valence-corrected chi connectivity index (χ2v) is 4.90. The normalized spacial score (nSPS) is 25.6. The third kappa shape index (κ3) is 2.20. The topological polar surface area (TPSA) is 36.4 Å². The van der Waals surface area contributed by atoms with Crippen molar-refractivity contribution in [3.8, 4) is 0 Å². The maximum absolute atomic E-state index is 12.8. The van der Waals surface area contributed by atoms with Crippen molar-refractivity contribution in [1.82, 2.24) is 4.98 Å². The van der Waals surface area contributed by atoms with E-state index in [-0.39, 0.29) is 0 Å². The molecule has 0 saturated carbocycles. The SMILES string of the molecule is OC1Cc2cccnc2N1C1C=C(C(F)(F)F)C=CC1. The summed E-state index contributed by atoms with van der Waals surface area (Å²) in [5.74, 6) is 0.568. The maximum atomic E-state index is 12.8. The van der Waals surface area contributed by atoms with Crippen LogP contribution in [0.5, 0.6) is 0 Å². The van der Waals surface area contributed by atoms with Crippen LogP contribution in [-0.4, -0.2) is 28.5 Å². The molecule has 0 saturated heterocycles. The lowest BCUT2D eigenvalue weighted by Gasteiger charge is -2.32. The molecule has 2 aliphatic rings. The van der Waals surface area contributed by atoms with Gasteiger partial charge in [-0.3, -0.25) is 0 Å². The second kappa shape index (κ2) is 4.63. The summed E-state index contributed by atoms with van der Waals surface area (Å²) in [5.41, 5.74) is 0.182. The highest BCUT2D eigenvalue weighted by Crippen LogP contribution is 2.36. The van der Waals surface area contributed by atoms with E-state index >= 15 is 0 Å². The van der Waals surface area contributed by atoms with Gasteiger partial charge in [0.2, 0.25) is 0 Å². The summed E-state index contributed by atoms with van der Waals surface area (Å²) in [5, 5.41) is 10.1. The lowest BCUT2D eigenvalue weighted by Crippen LogP contribution is -2.41. The van der Waals surface area contributed by atoms with Gasteiger partial charge in [-0.2, -0.15) is 13.2 Å². The van der Waals surface area contributed by atoms with E-state index in [2.05, 4.69) is 4.98 Å². The number of allylic oxidation sites excluding steroid dienone is 2. The van der Waals surface area contributed by atoms with Gasteiger partial charge in [0.1, 0.15) is 12.0 Å². The van der Waals surface area contributed by atoms with Crippen LogP contribution in [-0.2, 0) is 6.42 Å². The molecule has 2 unspecified atom stereocenters. The van der Waals surface area contributed by atoms with E-state index in [1.165, 1.54) is 6.08 Å². The molecule has 3 rings (SSSR count). The van der Waals surface area contributed by atoms with Crippen LogP contribution in [0.2, 0.25) is 0 Å². The van der Waals surface area contributed by atoms with Crippen molar-refractivity contribution in [3.05, 3.63) is 47.7 Å². The van der Waals surface area contributed by atoms with Gasteiger partial charge >= 0.3 is 6.18 Å². The molecule has 0 radical (unpaired) electrons. The van der Waals surface area contributed by atoms with Crippen LogP contribution >= 0.6 is 0 Å². The number of alkyl halides is 3. The summed E-state index contributed by atoms with van der Waals surface area (Å²) in [6.45, 7) is 0. The van der Waals surface area contributed by atoms with E-state index in [1.54, 1.807) is 17.2 Å². The molecule has 0 bridgehead atoms. The predicted octanol–water partition coefficient (Wildman–Crippen LogP) is 2.58. The number of aliphatic hydroxyl groups excluding tert-OH is 1. The summed E-state index contributed by atoms with van der Waals surface area (Å²) < 4.78 is 38.3. The van der Waals surface area contributed by atoms with Gasteiger partial charge in [0.25, 0.3) is 0 Å². The zero-order valence-corrected chi connectivity index (χ0v) is 10.5. The number of pyridine rings is 1. The van der Waals surface area contributed by atoms with E-state index in [9.17, 15) is 18.3 Å². The van der Waals surface area contributed by atoms with E-state index in [4.69, 9.17) is 0 Å². The zero-order valence-electron chi connectivity index (χ0n) is 10.5. The zero-order chi connectivity index (χ0) is 14.3. The minimum absolute atomic E-state index is 0.387. The van der Waals surface area contributed by atoms with Crippen LogP contribution in [0, 0.1) is 0 Å². The minimum atomic E-state index is -4.37. The molecule has 0 spiro atoms. The molecule has 106 valence electrons. The summed E-state index contributed by atoms with van der Waals surface area (Å²) in [6.07, 6.45) is 0.920. The molecule has 1 N–H and O–H groups in total. The molecule has 1 aromatic rings. The van der Waals surface area contributed by atoms with Gasteiger partial charge in [-0.05, 0) is 24.1 Å². The van der Waals surface area contributed by atoms with Crippen LogP contribution < -0.4 is 4.90 Å². The average molecular weight is 282 g/mol. The molecule has 20 heavy (non-hydrogen) atoms. The molecule has 0 aromatic carbocycles. The van der Waals surface area contributed by atoms with Gasteiger partial charge in [-0.1, -0.05) is 18.2 Å². The van der Waals surface area contributed by atoms with Crippen LogP contribution in [0.4, 0.5) is 19.0 Å². The van der Waals surface area contributed by atoms with Crippen molar-refractivity contribution in [2.24, 2.45) is 0 Å². The molecular weight excluding hydrogens is 269 g/mol. The molecule has 1 aromatic heterocycles. The number of nitrogens with zero attached hydrogens (tertiary/aromatic N) is 2. The smallest absolute Gasteiger partial charge is 0.373 e. The number of hydrogen-bond acceptors (Lipinski definition) is 3. The molecule has 2 heterocycles. The first-order valence-electron chi connectivity index (χ1n) is 6.32. The third-order valence-electron chi connectivity index (χ3n) is 3.57. The first kappa shape index (κ1) is 13.2. The summed E-state index contributed by atoms with van der Waals surface area (Å²) in [4.78, 5) is 5.74. The van der Waals surface area contributed by atoms with Gasteiger partial charge in [0, 0.05) is 12.6 Å². The average Bonchev–Trinajstić information content (AvgIpc) is 2.73. The van der Waals surface area contributed by atoms with Crippen LogP contribution in [0.15, 0.2) is 42.1 Å². The van der Waals surface area contributed by atoms with E-state index in [0.29, 0.717) is 18.7 Å². The Labute approximate surface area is 114 Å². The highest BCUT2D eigenvalue weighted by molar-refractivity contribution is 5.55. The Morgan fingerprint density at radius 2 is 2.15 bits per heavy atom. The Morgan fingerprint density at radius 1 is 1.35 bits per heavy atom. The van der Waals surface area contributed by atoms with Gasteiger partial charge in [0.15, 0.2) is 0 Å². The molecule has 1 aliphatic heterocycles. The van der Waals surface area contributed by atoms with Crippen LogP contribution in [0.3, 0.4) is 0 Å². The molecular formula is C14H13F3N2O. The number of fused-ring (bicyclic) bond motifs is 1. The predicted molar refractivity (Wildman–Crippen MR) is 68.1 cm³/mol.